The van der Waals surface area contributed by atoms with Crippen LogP contribution in [0, 0.1) is 0 Å². The summed E-state index contributed by atoms with van der Waals surface area (Å²) in [4.78, 5) is 27.6. The second-order valence-electron chi connectivity index (χ2n) is 6.76. The standard InChI is InChI=1S/C22H16ClN5O/c23-15-8-6-14(7-9-15)10-12-28-19(13-25-20-21(28)27-22(29)26-20)17-3-1-5-18-16(17)4-2-11-24-18/h1-9,11,13H,10,12H2,(H,25,26,29). The first-order chi connectivity index (χ1) is 14.2. The molecule has 3 aromatic rings. The van der Waals surface area contributed by atoms with Crippen LogP contribution in [0.15, 0.2) is 71.8 Å². The fourth-order valence-corrected chi connectivity index (χ4v) is 3.71. The SMILES string of the molecule is O=c1nc2n(CCc3ccc(Cl)cc3)c(-c3cccc4ncccc34)cnc-2[nH]1. The zero-order chi connectivity index (χ0) is 19.8. The summed E-state index contributed by atoms with van der Waals surface area (Å²) >= 11 is 6.00. The number of pyridine rings is 1. The first-order valence-corrected chi connectivity index (χ1v) is 9.61. The van der Waals surface area contributed by atoms with E-state index in [0.717, 1.165) is 34.1 Å². The van der Waals surface area contributed by atoms with Crippen molar-refractivity contribution in [1.82, 2.24) is 24.5 Å². The van der Waals surface area contributed by atoms with Crippen LogP contribution in [0.3, 0.4) is 0 Å². The van der Waals surface area contributed by atoms with Crippen LogP contribution in [0.2, 0.25) is 5.02 Å². The summed E-state index contributed by atoms with van der Waals surface area (Å²) in [5.74, 6) is 1.02. The van der Waals surface area contributed by atoms with Gasteiger partial charge in [-0.05, 0) is 36.2 Å². The molecule has 1 aromatic heterocycles. The van der Waals surface area contributed by atoms with Gasteiger partial charge < -0.3 is 4.57 Å². The highest BCUT2D eigenvalue weighted by molar-refractivity contribution is 6.30. The van der Waals surface area contributed by atoms with Crippen molar-refractivity contribution in [3.63, 3.8) is 0 Å². The van der Waals surface area contributed by atoms with Crippen LogP contribution < -0.4 is 5.69 Å². The quantitative estimate of drug-likeness (QED) is 0.490. The van der Waals surface area contributed by atoms with Crippen LogP contribution in [-0.2, 0) is 13.0 Å². The Bertz CT molecular complexity index is 1330. The van der Waals surface area contributed by atoms with Gasteiger partial charge in [-0.3, -0.25) is 9.97 Å². The monoisotopic (exact) mass is 401 g/mol. The number of fused-ring (bicyclic) bond motifs is 2. The number of aromatic nitrogens is 5. The molecule has 0 atom stereocenters. The fraction of sp³-hybridized carbons (Fsp3) is 0.0909. The molecule has 3 heterocycles. The van der Waals surface area contributed by atoms with Gasteiger partial charge in [0.2, 0.25) is 0 Å². The Morgan fingerprint density at radius 3 is 2.72 bits per heavy atom. The number of nitrogens with zero attached hydrogens (tertiary/aromatic N) is 4. The molecule has 1 N–H and O–H groups in total. The first kappa shape index (κ1) is 17.6. The van der Waals surface area contributed by atoms with Gasteiger partial charge in [0, 0.05) is 28.7 Å². The number of aromatic amines is 1. The smallest absolute Gasteiger partial charge is 0.321 e. The molecule has 0 amide bonds. The molecule has 29 heavy (non-hydrogen) atoms. The van der Waals surface area contributed by atoms with E-state index in [0.29, 0.717) is 23.2 Å². The molecule has 0 spiro atoms. The van der Waals surface area contributed by atoms with Crippen molar-refractivity contribution in [2.45, 2.75) is 13.0 Å². The zero-order valence-electron chi connectivity index (χ0n) is 15.3. The molecule has 0 aliphatic carbocycles. The van der Waals surface area contributed by atoms with Gasteiger partial charge >= 0.3 is 5.69 Å². The summed E-state index contributed by atoms with van der Waals surface area (Å²) in [7, 11) is 0. The predicted octanol–water partition coefficient (Wildman–Crippen LogP) is 4.18. The van der Waals surface area contributed by atoms with Crippen LogP contribution >= 0.6 is 11.6 Å². The van der Waals surface area contributed by atoms with Crippen LogP contribution in [0.4, 0.5) is 0 Å². The number of hydrogen-bond donors (Lipinski definition) is 1. The average molecular weight is 402 g/mol. The molecule has 142 valence electrons. The highest BCUT2D eigenvalue weighted by Gasteiger charge is 2.18. The molecule has 0 saturated heterocycles. The lowest BCUT2D eigenvalue weighted by atomic mass is 10.0. The summed E-state index contributed by atoms with van der Waals surface area (Å²) in [6.07, 6.45) is 4.32. The summed E-state index contributed by atoms with van der Waals surface area (Å²) in [6, 6.07) is 17.7. The van der Waals surface area contributed by atoms with Gasteiger partial charge in [-0.25, -0.2) is 9.78 Å². The maximum atomic E-state index is 11.9. The van der Waals surface area contributed by atoms with Gasteiger partial charge in [0.05, 0.1) is 17.4 Å². The third kappa shape index (κ3) is 3.28. The van der Waals surface area contributed by atoms with E-state index >= 15 is 0 Å². The lowest BCUT2D eigenvalue weighted by Crippen LogP contribution is -2.11. The van der Waals surface area contributed by atoms with Crippen molar-refractivity contribution in [3.8, 4) is 22.9 Å². The third-order valence-electron chi connectivity index (χ3n) is 4.97. The molecular formula is C22H16ClN5O. The van der Waals surface area contributed by atoms with E-state index in [4.69, 9.17) is 11.6 Å². The van der Waals surface area contributed by atoms with Crippen LogP contribution in [0.1, 0.15) is 5.56 Å². The highest BCUT2D eigenvalue weighted by Crippen LogP contribution is 2.30. The molecule has 0 saturated carbocycles. The van der Waals surface area contributed by atoms with Gasteiger partial charge in [0.25, 0.3) is 0 Å². The number of benzene rings is 2. The van der Waals surface area contributed by atoms with E-state index in [1.165, 1.54) is 0 Å². The van der Waals surface area contributed by atoms with Gasteiger partial charge in [-0.15, -0.1) is 0 Å². The van der Waals surface area contributed by atoms with Crippen molar-refractivity contribution in [1.29, 1.82) is 0 Å². The zero-order valence-corrected chi connectivity index (χ0v) is 16.1. The molecule has 0 radical (unpaired) electrons. The van der Waals surface area contributed by atoms with Crippen molar-refractivity contribution < 1.29 is 0 Å². The van der Waals surface area contributed by atoms with Crippen molar-refractivity contribution in [2.75, 3.05) is 0 Å². The number of nitrogens with one attached hydrogen (secondary N) is 1. The van der Waals surface area contributed by atoms with Crippen LogP contribution in [0.25, 0.3) is 33.8 Å². The molecule has 7 heteroatoms. The highest BCUT2D eigenvalue weighted by atomic mass is 35.5. The topological polar surface area (TPSA) is 76.5 Å². The Kier molecular flexibility index (Phi) is 4.33. The largest absolute Gasteiger partial charge is 0.348 e. The van der Waals surface area contributed by atoms with E-state index in [1.807, 2.05) is 59.2 Å². The number of H-pyrrole nitrogens is 1. The number of rotatable bonds is 4. The minimum absolute atomic E-state index is 0.399. The van der Waals surface area contributed by atoms with Gasteiger partial charge in [-0.2, -0.15) is 4.98 Å². The molecule has 2 aliphatic heterocycles. The molecule has 2 aromatic carbocycles. The minimum atomic E-state index is -0.399. The number of aryl methyl sites for hydroxylation is 1. The summed E-state index contributed by atoms with van der Waals surface area (Å²) < 4.78 is 2.04. The second-order valence-corrected chi connectivity index (χ2v) is 7.20. The van der Waals surface area contributed by atoms with E-state index in [2.05, 4.69) is 19.9 Å². The van der Waals surface area contributed by atoms with Crippen molar-refractivity contribution in [2.24, 2.45) is 0 Å². The lowest BCUT2D eigenvalue weighted by Gasteiger charge is -2.18. The van der Waals surface area contributed by atoms with E-state index < -0.39 is 5.69 Å². The van der Waals surface area contributed by atoms with Crippen LogP contribution in [0.5, 0.6) is 0 Å². The molecule has 0 fully saturated rings. The number of imidazole rings is 1. The Hall–Kier alpha value is -3.51. The van der Waals surface area contributed by atoms with E-state index in [-0.39, 0.29) is 0 Å². The van der Waals surface area contributed by atoms with Gasteiger partial charge in [-0.1, -0.05) is 41.9 Å². The van der Waals surface area contributed by atoms with Gasteiger partial charge in [0.1, 0.15) is 0 Å². The molecule has 0 bridgehead atoms. The summed E-state index contributed by atoms with van der Waals surface area (Å²) in [5, 5.41) is 1.73. The predicted molar refractivity (Wildman–Crippen MR) is 113 cm³/mol. The van der Waals surface area contributed by atoms with E-state index in [1.54, 1.807) is 12.4 Å². The maximum absolute atomic E-state index is 11.9. The van der Waals surface area contributed by atoms with Crippen LogP contribution in [-0.4, -0.2) is 24.5 Å². The average Bonchev–Trinajstić information content (AvgIpc) is 3.13. The molecular weight excluding hydrogens is 386 g/mol. The normalized spacial score (nSPS) is 11.3. The summed E-state index contributed by atoms with van der Waals surface area (Å²) in [5.41, 5.74) is 3.54. The Balaban J connectivity index is 1.66. The first-order valence-electron chi connectivity index (χ1n) is 9.23. The molecule has 2 aliphatic rings. The number of halogens is 1. The minimum Gasteiger partial charge on any atom is -0.321 e. The second kappa shape index (κ2) is 7.14. The maximum Gasteiger partial charge on any atom is 0.348 e. The lowest BCUT2D eigenvalue weighted by molar-refractivity contribution is 0.690. The Labute approximate surface area is 171 Å². The van der Waals surface area contributed by atoms with Crippen molar-refractivity contribution >= 4 is 22.5 Å². The molecule has 6 nitrogen and oxygen atoms in total. The molecule has 0 unspecified atom stereocenters. The third-order valence-corrected chi connectivity index (χ3v) is 5.22. The fourth-order valence-electron chi connectivity index (χ4n) is 3.58. The van der Waals surface area contributed by atoms with Gasteiger partial charge in [0.15, 0.2) is 11.6 Å². The Morgan fingerprint density at radius 1 is 1.00 bits per heavy atom. The Morgan fingerprint density at radius 2 is 1.86 bits per heavy atom. The van der Waals surface area contributed by atoms with Crippen molar-refractivity contribution in [3.05, 3.63) is 88.1 Å². The summed E-state index contributed by atoms with van der Waals surface area (Å²) in [6.45, 7) is 0.636. The van der Waals surface area contributed by atoms with E-state index in [9.17, 15) is 4.79 Å². The number of hydrogen-bond acceptors (Lipinski definition) is 4. The molecule has 5 rings (SSSR count).